The SMILES string of the molecule is CC(C)CNCCN(C)CC1COc2ccccc2C1. The van der Waals surface area contributed by atoms with Crippen LogP contribution in [-0.4, -0.2) is 44.7 Å². The molecule has 112 valence electrons. The molecule has 1 atom stereocenters. The number of hydrogen-bond donors (Lipinski definition) is 1. The molecule has 0 aromatic heterocycles. The van der Waals surface area contributed by atoms with Crippen molar-refractivity contribution in [3.05, 3.63) is 29.8 Å². The molecule has 1 heterocycles. The molecule has 20 heavy (non-hydrogen) atoms. The van der Waals surface area contributed by atoms with E-state index in [1.165, 1.54) is 5.56 Å². The van der Waals surface area contributed by atoms with E-state index < -0.39 is 0 Å². The van der Waals surface area contributed by atoms with Crippen molar-refractivity contribution in [3.8, 4) is 5.75 Å². The van der Waals surface area contributed by atoms with Crippen LogP contribution in [0.5, 0.6) is 5.75 Å². The molecule has 0 spiro atoms. The summed E-state index contributed by atoms with van der Waals surface area (Å²) >= 11 is 0. The van der Waals surface area contributed by atoms with E-state index in [0.717, 1.165) is 50.9 Å². The largest absolute Gasteiger partial charge is 0.493 e. The highest BCUT2D eigenvalue weighted by atomic mass is 16.5. The van der Waals surface area contributed by atoms with Gasteiger partial charge in [-0.1, -0.05) is 32.0 Å². The Hall–Kier alpha value is -1.06. The lowest BCUT2D eigenvalue weighted by Crippen LogP contribution is -2.37. The number of likely N-dealkylation sites (N-methyl/N-ethyl adjacent to an activating group) is 1. The number of ether oxygens (including phenoxy) is 1. The van der Waals surface area contributed by atoms with E-state index in [9.17, 15) is 0 Å². The Labute approximate surface area is 123 Å². The molecule has 1 N–H and O–H groups in total. The quantitative estimate of drug-likeness (QED) is 0.774. The number of fused-ring (bicyclic) bond motifs is 1. The van der Waals surface area contributed by atoms with Crippen molar-refractivity contribution in [2.24, 2.45) is 11.8 Å². The number of para-hydroxylation sites is 1. The minimum Gasteiger partial charge on any atom is -0.493 e. The summed E-state index contributed by atoms with van der Waals surface area (Å²) in [7, 11) is 2.21. The van der Waals surface area contributed by atoms with E-state index >= 15 is 0 Å². The van der Waals surface area contributed by atoms with E-state index in [0.29, 0.717) is 5.92 Å². The zero-order valence-corrected chi connectivity index (χ0v) is 13.1. The molecule has 0 fully saturated rings. The van der Waals surface area contributed by atoms with Gasteiger partial charge in [0.1, 0.15) is 5.75 Å². The third kappa shape index (κ3) is 4.80. The number of hydrogen-bond acceptors (Lipinski definition) is 3. The molecule has 0 aliphatic carbocycles. The fourth-order valence-electron chi connectivity index (χ4n) is 2.70. The van der Waals surface area contributed by atoms with Gasteiger partial charge in [-0.3, -0.25) is 0 Å². The van der Waals surface area contributed by atoms with Gasteiger partial charge in [0.25, 0.3) is 0 Å². The Morgan fingerprint density at radius 1 is 1.35 bits per heavy atom. The van der Waals surface area contributed by atoms with Gasteiger partial charge in [-0.05, 0) is 37.6 Å². The van der Waals surface area contributed by atoms with Crippen LogP contribution < -0.4 is 10.1 Å². The summed E-state index contributed by atoms with van der Waals surface area (Å²) in [5, 5.41) is 3.50. The minimum atomic E-state index is 0.611. The molecule has 1 aliphatic rings. The van der Waals surface area contributed by atoms with Crippen molar-refractivity contribution >= 4 is 0 Å². The third-order valence-corrected chi connectivity index (χ3v) is 3.75. The molecule has 3 nitrogen and oxygen atoms in total. The molecule has 0 amide bonds. The molecule has 1 aromatic carbocycles. The highest BCUT2D eigenvalue weighted by molar-refractivity contribution is 5.35. The standard InChI is InChI=1S/C17H28N2O/c1-14(2)11-18-8-9-19(3)12-15-10-16-6-4-5-7-17(16)20-13-15/h4-7,14-15,18H,8-13H2,1-3H3. The summed E-state index contributed by atoms with van der Waals surface area (Å²) in [4.78, 5) is 2.41. The summed E-state index contributed by atoms with van der Waals surface area (Å²) in [6.07, 6.45) is 1.14. The molecule has 0 bridgehead atoms. The number of nitrogens with one attached hydrogen (secondary N) is 1. The van der Waals surface area contributed by atoms with E-state index in [4.69, 9.17) is 4.74 Å². The van der Waals surface area contributed by atoms with Crippen molar-refractivity contribution in [1.29, 1.82) is 0 Å². The van der Waals surface area contributed by atoms with Gasteiger partial charge in [0.2, 0.25) is 0 Å². The lowest BCUT2D eigenvalue weighted by molar-refractivity contribution is 0.176. The van der Waals surface area contributed by atoms with Gasteiger partial charge >= 0.3 is 0 Å². The molecule has 3 heteroatoms. The van der Waals surface area contributed by atoms with Gasteiger partial charge in [-0.15, -0.1) is 0 Å². The van der Waals surface area contributed by atoms with Gasteiger partial charge < -0.3 is 15.0 Å². The first kappa shape index (κ1) is 15.3. The zero-order chi connectivity index (χ0) is 14.4. The normalized spacial score (nSPS) is 18.1. The minimum absolute atomic E-state index is 0.611. The predicted molar refractivity (Wildman–Crippen MR) is 84.3 cm³/mol. The average Bonchev–Trinajstić information content (AvgIpc) is 2.43. The van der Waals surface area contributed by atoms with Gasteiger partial charge in [0, 0.05) is 25.6 Å². The zero-order valence-electron chi connectivity index (χ0n) is 13.1. The second-order valence-corrected chi connectivity index (χ2v) is 6.35. The maximum Gasteiger partial charge on any atom is 0.122 e. The van der Waals surface area contributed by atoms with Gasteiger partial charge in [-0.2, -0.15) is 0 Å². The van der Waals surface area contributed by atoms with E-state index in [1.54, 1.807) is 0 Å². The molecule has 1 aromatic rings. The molecule has 1 unspecified atom stereocenters. The van der Waals surface area contributed by atoms with E-state index in [1.807, 2.05) is 6.07 Å². The van der Waals surface area contributed by atoms with Crippen LogP contribution in [0.15, 0.2) is 24.3 Å². The Morgan fingerprint density at radius 2 is 2.15 bits per heavy atom. The third-order valence-electron chi connectivity index (χ3n) is 3.75. The lowest BCUT2D eigenvalue weighted by Gasteiger charge is -2.29. The van der Waals surface area contributed by atoms with Gasteiger partial charge in [-0.25, -0.2) is 0 Å². The number of nitrogens with zero attached hydrogens (tertiary/aromatic N) is 1. The summed E-state index contributed by atoms with van der Waals surface area (Å²) < 4.78 is 5.85. The van der Waals surface area contributed by atoms with Gasteiger partial charge in [0.15, 0.2) is 0 Å². The molecular formula is C17H28N2O. The Kier molecular flexibility index (Phi) is 5.86. The first-order chi connectivity index (χ1) is 9.65. The molecule has 2 rings (SSSR count). The van der Waals surface area contributed by atoms with Crippen molar-refractivity contribution < 1.29 is 4.74 Å². The second-order valence-electron chi connectivity index (χ2n) is 6.35. The maximum absolute atomic E-state index is 5.85. The summed E-state index contributed by atoms with van der Waals surface area (Å²) in [5.74, 6) is 2.41. The van der Waals surface area contributed by atoms with Crippen LogP contribution in [0.3, 0.4) is 0 Å². The first-order valence-electron chi connectivity index (χ1n) is 7.75. The maximum atomic E-state index is 5.85. The Balaban J connectivity index is 1.69. The van der Waals surface area contributed by atoms with Crippen LogP contribution in [0.1, 0.15) is 19.4 Å². The molecule has 0 saturated heterocycles. The summed E-state index contributed by atoms with van der Waals surface area (Å²) in [5.41, 5.74) is 1.36. The molecular weight excluding hydrogens is 248 g/mol. The highest BCUT2D eigenvalue weighted by Crippen LogP contribution is 2.26. The van der Waals surface area contributed by atoms with Crippen LogP contribution in [0.25, 0.3) is 0 Å². The van der Waals surface area contributed by atoms with Crippen LogP contribution in [0.2, 0.25) is 0 Å². The second kappa shape index (κ2) is 7.65. The van der Waals surface area contributed by atoms with Crippen LogP contribution in [-0.2, 0) is 6.42 Å². The van der Waals surface area contributed by atoms with E-state index in [-0.39, 0.29) is 0 Å². The van der Waals surface area contributed by atoms with E-state index in [2.05, 4.69) is 49.3 Å². The van der Waals surface area contributed by atoms with Crippen molar-refractivity contribution in [2.75, 3.05) is 39.8 Å². The Morgan fingerprint density at radius 3 is 2.95 bits per heavy atom. The van der Waals surface area contributed by atoms with Crippen molar-refractivity contribution in [1.82, 2.24) is 10.2 Å². The van der Waals surface area contributed by atoms with Crippen LogP contribution >= 0.6 is 0 Å². The topological polar surface area (TPSA) is 24.5 Å². The predicted octanol–water partition coefficient (Wildman–Crippen LogP) is 2.42. The Bertz CT molecular complexity index is 406. The molecule has 0 saturated carbocycles. The monoisotopic (exact) mass is 276 g/mol. The smallest absolute Gasteiger partial charge is 0.122 e. The number of benzene rings is 1. The van der Waals surface area contributed by atoms with Crippen molar-refractivity contribution in [3.63, 3.8) is 0 Å². The highest BCUT2D eigenvalue weighted by Gasteiger charge is 2.20. The fraction of sp³-hybridized carbons (Fsp3) is 0.647. The molecule has 1 aliphatic heterocycles. The first-order valence-corrected chi connectivity index (χ1v) is 7.75. The van der Waals surface area contributed by atoms with Crippen LogP contribution in [0, 0.1) is 11.8 Å². The van der Waals surface area contributed by atoms with Crippen LogP contribution in [0.4, 0.5) is 0 Å². The summed E-state index contributed by atoms with van der Waals surface area (Å²) in [6.45, 7) is 9.72. The van der Waals surface area contributed by atoms with Gasteiger partial charge in [0.05, 0.1) is 6.61 Å². The lowest BCUT2D eigenvalue weighted by atomic mass is 9.96. The average molecular weight is 276 g/mol. The van der Waals surface area contributed by atoms with Crippen molar-refractivity contribution in [2.45, 2.75) is 20.3 Å². The summed E-state index contributed by atoms with van der Waals surface area (Å²) in [6, 6.07) is 8.41. The molecule has 0 radical (unpaired) electrons. The number of rotatable bonds is 7. The fourth-order valence-corrected chi connectivity index (χ4v) is 2.70.